The largest absolute Gasteiger partial charge is 0.469 e. The molecule has 0 saturated carbocycles. The number of carbonyl (C=O) groups excluding carboxylic acids is 1. The Bertz CT molecular complexity index is 541. The highest BCUT2D eigenvalue weighted by Crippen LogP contribution is 2.19. The number of rotatable bonds is 2. The minimum absolute atomic E-state index is 0.0706. The number of ketones is 1. The molecule has 2 nitrogen and oxygen atoms in total. The van der Waals surface area contributed by atoms with Crippen LogP contribution in [0.4, 0.5) is 0 Å². The van der Waals surface area contributed by atoms with E-state index >= 15 is 0 Å². The van der Waals surface area contributed by atoms with Gasteiger partial charge < -0.3 is 4.42 Å². The van der Waals surface area contributed by atoms with Crippen molar-refractivity contribution in [1.29, 1.82) is 0 Å². The molecule has 1 aromatic carbocycles. The summed E-state index contributed by atoms with van der Waals surface area (Å²) >= 11 is 5.97. The van der Waals surface area contributed by atoms with Gasteiger partial charge in [0.2, 0.25) is 0 Å². The van der Waals surface area contributed by atoms with E-state index in [1.165, 1.54) is 6.26 Å². The quantitative estimate of drug-likeness (QED) is 0.741. The van der Waals surface area contributed by atoms with Crippen LogP contribution in [0.5, 0.6) is 0 Å². The van der Waals surface area contributed by atoms with Crippen molar-refractivity contribution in [2.24, 2.45) is 0 Å². The molecule has 0 aliphatic heterocycles. The van der Waals surface area contributed by atoms with E-state index in [0.717, 1.165) is 11.3 Å². The Labute approximate surface area is 98.8 Å². The van der Waals surface area contributed by atoms with Crippen molar-refractivity contribution in [2.75, 3.05) is 0 Å². The maximum atomic E-state index is 12.0. The first-order valence-electron chi connectivity index (χ1n) is 4.94. The van der Waals surface area contributed by atoms with E-state index in [-0.39, 0.29) is 5.78 Å². The molecule has 0 aliphatic carbocycles. The van der Waals surface area contributed by atoms with E-state index in [4.69, 9.17) is 16.0 Å². The third kappa shape index (κ3) is 2.02. The van der Waals surface area contributed by atoms with E-state index in [1.54, 1.807) is 25.1 Å². The summed E-state index contributed by atoms with van der Waals surface area (Å²) in [6.07, 6.45) is 1.46. The van der Waals surface area contributed by atoms with Crippen LogP contribution >= 0.6 is 11.6 Å². The van der Waals surface area contributed by atoms with Crippen LogP contribution in [0.3, 0.4) is 0 Å². The number of aryl methyl sites for hydroxylation is 2. The lowest BCUT2D eigenvalue weighted by Crippen LogP contribution is -1.99. The van der Waals surface area contributed by atoms with Gasteiger partial charge in [-0.05, 0) is 31.5 Å². The van der Waals surface area contributed by atoms with Crippen LogP contribution in [0.2, 0.25) is 5.02 Å². The van der Waals surface area contributed by atoms with Crippen LogP contribution in [0.25, 0.3) is 0 Å². The molecule has 1 aromatic heterocycles. The maximum absolute atomic E-state index is 12.0. The normalized spacial score (nSPS) is 10.4. The number of furan rings is 1. The Morgan fingerprint density at radius 1 is 1.19 bits per heavy atom. The number of halogens is 1. The summed E-state index contributed by atoms with van der Waals surface area (Å²) < 4.78 is 5.11. The minimum Gasteiger partial charge on any atom is -0.469 e. The van der Waals surface area contributed by atoms with Gasteiger partial charge in [0.05, 0.1) is 5.56 Å². The first-order chi connectivity index (χ1) is 7.58. The van der Waals surface area contributed by atoms with E-state index in [2.05, 4.69) is 0 Å². The van der Waals surface area contributed by atoms with Crippen molar-refractivity contribution in [3.63, 3.8) is 0 Å². The molecule has 0 spiro atoms. The van der Waals surface area contributed by atoms with Gasteiger partial charge >= 0.3 is 0 Å². The maximum Gasteiger partial charge on any atom is 0.196 e. The third-order valence-corrected chi connectivity index (χ3v) is 2.83. The zero-order chi connectivity index (χ0) is 11.7. The Hall–Kier alpha value is -1.54. The van der Waals surface area contributed by atoms with Gasteiger partial charge in [0.15, 0.2) is 5.78 Å². The van der Waals surface area contributed by atoms with E-state index in [9.17, 15) is 4.79 Å². The molecule has 0 N–H and O–H groups in total. The predicted octanol–water partition coefficient (Wildman–Crippen LogP) is 3.78. The second-order valence-corrected chi connectivity index (χ2v) is 4.15. The summed E-state index contributed by atoms with van der Waals surface area (Å²) in [5, 5.41) is 0.603. The third-order valence-electron chi connectivity index (χ3n) is 2.43. The standard InChI is InChI=1S/C13H11ClO2/c1-8-3-4-10(6-12(8)14)13(15)11-5-9(2)16-7-11/h3-7H,1-2H3. The monoisotopic (exact) mass is 234 g/mol. The zero-order valence-electron chi connectivity index (χ0n) is 9.08. The van der Waals surface area contributed by atoms with Crippen molar-refractivity contribution < 1.29 is 9.21 Å². The lowest BCUT2D eigenvalue weighted by Gasteiger charge is -2.01. The van der Waals surface area contributed by atoms with Crippen LogP contribution in [0.15, 0.2) is 34.9 Å². The molecule has 0 fully saturated rings. The lowest BCUT2D eigenvalue weighted by molar-refractivity contribution is 0.103. The van der Waals surface area contributed by atoms with E-state index < -0.39 is 0 Å². The van der Waals surface area contributed by atoms with Crippen molar-refractivity contribution in [1.82, 2.24) is 0 Å². The summed E-state index contributed by atoms with van der Waals surface area (Å²) in [4.78, 5) is 12.0. The smallest absolute Gasteiger partial charge is 0.196 e. The summed E-state index contributed by atoms with van der Waals surface area (Å²) in [7, 11) is 0. The second kappa shape index (κ2) is 4.14. The van der Waals surface area contributed by atoms with Gasteiger partial charge in [-0.1, -0.05) is 23.7 Å². The fourth-order valence-electron chi connectivity index (χ4n) is 1.46. The molecule has 2 rings (SSSR count). The number of carbonyl (C=O) groups is 1. The molecule has 0 unspecified atom stereocenters. The Kier molecular flexibility index (Phi) is 2.84. The van der Waals surface area contributed by atoms with Crippen LogP contribution in [-0.4, -0.2) is 5.78 Å². The first kappa shape index (κ1) is 11.0. The molecule has 1 heterocycles. The molecule has 0 radical (unpaired) electrons. The average molecular weight is 235 g/mol. The number of hydrogen-bond acceptors (Lipinski definition) is 2. The Balaban J connectivity index is 2.38. The van der Waals surface area contributed by atoms with Gasteiger partial charge in [-0.2, -0.15) is 0 Å². The molecule has 3 heteroatoms. The fraction of sp³-hybridized carbons (Fsp3) is 0.154. The first-order valence-corrected chi connectivity index (χ1v) is 5.31. The summed E-state index contributed by atoms with van der Waals surface area (Å²) in [5.41, 5.74) is 2.09. The highest BCUT2D eigenvalue weighted by atomic mass is 35.5. The number of benzene rings is 1. The molecule has 0 aliphatic rings. The van der Waals surface area contributed by atoms with Crippen molar-refractivity contribution in [3.05, 3.63) is 58.0 Å². The molecule has 2 aromatic rings. The van der Waals surface area contributed by atoms with E-state index in [0.29, 0.717) is 16.1 Å². The van der Waals surface area contributed by atoms with Gasteiger partial charge in [-0.3, -0.25) is 4.79 Å². The molecule has 16 heavy (non-hydrogen) atoms. The van der Waals surface area contributed by atoms with Crippen LogP contribution in [0.1, 0.15) is 27.2 Å². The highest BCUT2D eigenvalue weighted by molar-refractivity contribution is 6.31. The van der Waals surface area contributed by atoms with Gasteiger partial charge in [-0.15, -0.1) is 0 Å². The summed E-state index contributed by atoms with van der Waals surface area (Å²) in [6, 6.07) is 7.01. The topological polar surface area (TPSA) is 30.2 Å². The van der Waals surface area contributed by atoms with Crippen LogP contribution in [-0.2, 0) is 0 Å². The number of hydrogen-bond donors (Lipinski definition) is 0. The van der Waals surface area contributed by atoms with Gasteiger partial charge in [0.1, 0.15) is 12.0 Å². The molecular formula is C13H11ClO2. The van der Waals surface area contributed by atoms with Gasteiger partial charge in [-0.25, -0.2) is 0 Å². The van der Waals surface area contributed by atoms with Crippen LogP contribution < -0.4 is 0 Å². The van der Waals surface area contributed by atoms with Crippen molar-refractivity contribution >= 4 is 17.4 Å². The minimum atomic E-state index is -0.0706. The SMILES string of the molecule is Cc1cc(C(=O)c2ccc(C)c(Cl)c2)co1. The molecule has 0 bridgehead atoms. The van der Waals surface area contributed by atoms with Crippen LogP contribution in [0, 0.1) is 13.8 Å². The molecule has 0 atom stereocenters. The lowest BCUT2D eigenvalue weighted by atomic mass is 10.0. The molecule has 0 amide bonds. The summed E-state index contributed by atoms with van der Waals surface area (Å²) in [5.74, 6) is 0.653. The van der Waals surface area contributed by atoms with Crippen molar-refractivity contribution in [3.8, 4) is 0 Å². The molecule has 0 saturated heterocycles. The molecule has 82 valence electrons. The van der Waals surface area contributed by atoms with E-state index in [1.807, 2.05) is 13.0 Å². The summed E-state index contributed by atoms with van der Waals surface area (Å²) in [6.45, 7) is 3.71. The molecular weight excluding hydrogens is 224 g/mol. The highest BCUT2D eigenvalue weighted by Gasteiger charge is 2.12. The fourth-order valence-corrected chi connectivity index (χ4v) is 1.64. The second-order valence-electron chi connectivity index (χ2n) is 3.74. The van der Waals surface area contributed by atoms with Crippen molar-refractivity contribution in [2.45, 2.75) is 13.8 Å². The Morgan fingerprint density at radius 2 is 1.94 bits per heavy atom. The van der Waals surface area contributed by atoms with Gasteiger partial charge in [0.25, 0.3) is 0 Å². The Morgan fingerprint density at radius 3 is 2.50 bits per heavy atom. The predicted molar refractivity (Wildman–Crippen MR) is 63.1 cm³/mol. The van der Waals surface area contributed by atoms with Gasteiger partial charge in [0, 0.05) is 10.6 Å². The zero-order valence-corrected chi connectivity index (χ0v) is 9.84. The average Bonchev–Trinajstić information content (AvgIpc) is 2.68.